The Morgan fingerprint density at radius 2 is 1.18 bits per heavy atom. The fourth-order valence-corrected chi connectivity index (χ4v) is 4.15. The maximum absolute atomic E-state index is 12.8. The SMILES string of the molecule is COCCOCCOCCC1(C(=O)O)N=NN(CCCCCCO)C1(CCOCCOCCOC)C(=O)O. The molecule has 1 heterocycles. The van der Waals surface area contributed by atoms with Crippen molar-refractivity contribution in [2.45, 2.75) is 49.6 Å². The van der Waals surface area contributed by atoms with Gasteiger partial charge >= 0.3 is 11.9 Å². The van der Waals surface area contributed by atoms with Gasteiger partial charge in [0.05, 0.1) is 52.9 Å². The molecule has 1 aliphatic rings. The second-order valence-electron chi connectivity index (χ2n) is 8.72. The molecule has 0 aromatic heterocycles. The Balaban J connectivity index is 2.91. The number of aliphatic carboxylic acids is 2. The number of carboxylic acid groups (broad SMARTS) is 2. The highest BCUT2D eigenvalue weighted by atomic mass is 16.5. The van der Waals surface area contributed by atoms with Gasteiger partial charge in [-0.2, -0.15) is 0 Å². The van der Waals surface area contributed by atoms with Crippen LogP contribution >= 0.6 is 0 Å². The molecule has 3 N–H and O–H groups in total. The van der Waals surface area contributed by atoms with Crippen molar-refractivity contribution in [1.29, 1.82) is 0 Å². The Hall–Kier alpha value is -1.94. The molecule has 2 atom stereocenters. The van der Waals surface area contributed by atoms with Crippen molar-refractivity contribution in [2.75, 3.05) is 93.4 Å². The van der Waals surface area contributed by atoms with Gasteiger partial charge in [-0.05, 0) is 12.8 Å². The standard InChI is InChI=1S/C24H45N3O11/c1-33-13-15-37-19-17-35-11-7-23(21(29)30)24(22(31)32,8-12-36-18-20-38-16-14-34-2)27(26-25-23)9-5-3-4-6-10-28/h28H,3-20H2,1-2H3,(H,29,30)(H,31,32). The van der Waals surface area contributed by atoms with E-state index in [-0.39, 0.29) is 65.6 Å². The van der Waals surface area contributed by atoms with E-state index in [9.17, 15) is 19.8 Å². The zero-order chi connectivity index (χ0) is 28.1. The molecule has 14 heteroatoms. The van der Waals surface area contributed by atoms with Crippen LogP contribution in [-0.2, 0) is 38.0 Å². The average Bonchev–Trinajstić information content (AvgIpc) is 3.22. The van der Waals surface area contributed by atoms with E-state index in [2.05, 4.69) is 10.3 Å². The molecule has 0 aromatic carbocycles. The van der Waals surface area contributed by atoms with E-state index in [1.165, 1.54) is 5.01 Å². The number of rotatable bonds is 26. The van der Waals surface area contributed by atoms with Gasteiger partial charge < -0.3 is 43.7 Å². The summed E-state index contributed by atoms with van der Waals surface area (Å²) in [4.78, 5) is 25.5. The average molecular weight is 552 g/mol. The first-order valence-corrected chi connectivity index (χ1v) is 13.0. The highest BCUT2D eigenvalue weighted by molar-refractivity contribution is 5.93. The summed E-state index contributed by atoms with van der Waals surface area (Å²) < 4.78 is 31.6. The first kappa shape index (κ1) is 34.1. The Morgan fingerprint density at radius 1 is 0.684 bits per heavy atom. The zero-order valence-electron chi connectivity index (χ0n) is 22.7. The molecular weight excluding hydrogens is 506 g/mol. The fourth-order valence-electron chi connectivity index (χ4n) is 4.15. The van der Waals surface area contributed by atoms with E-state index in [0.717, 1.165) is 12.8 Å². The molecule has 0 aromatic rings. The minimum absolute atomic E-state index is 0.0325. The summed E-state index contributed by atoms with van der Waals surface area (Å²) in [5.41, 5.74) is -4.04. The molecule has 0 saturated carbocycles. The minimum atomic E-state index is -2.07. The molecule has 222 valence electrons. The lowest BCUT2D eigenvalue weighted by molar-refractivity contribution is -0.167. The molecule has 0 saturated heterocycles. The van der Waals surface area contributed by atoms with Crippen LogP contribution in [0.25, 0.3) is 0 Å². The van der Waals surface area contributed by atoms with E-state index < -0.39 is 23.0 Å². The highest BCUT2D eigenvalue weighted by Gasteiger charge is 2.68. The van der Waals surface area contributed by atoms with E-state index in [0.29, 0.717) is 39.3 Å². The molecule has 14 nitrogen and oxygen atoms in total. The van der Waals surface area contributed by atoms with Crippen LogP contribution in [0.15, 0.2) is 10.3 Å². The van der Waals surface area contributed by atoms with Gasteiger partial charge in [0.15, 0.2) is 5.54 Å². The van der Waals surface area contributed by atoms with Crippen LogP contribution in [0.2, 0.25) is 0 Å². The third-order valence-corrected chi connectivity index (χ3v) is 6.26. The van der Waals surface area contributed by atoms with Crippen molar-refractivity contribution < 1.29 is 53.3 Å². The van der Waals surface area contributed by atoms with Crippen molar-refractivity contribution in [2.24, 2.45) is 10.3 Å². The third-order valence-electron chi connectivity index (χ3n) is 6.26. The fraction of sp³-hybridized carbons (Fsp3) is 0.917. The van der Waals surface area contributed by atoms with Crippen molar-refractivity contribution in [3.8, 4) is 0 Å². The normalized spacial score (nSPS) is 20.9. The number of aliphatic hydroxyl groups excluding tert-OH is 1. The maximum atomic E-state index is 12.8. The Kier molecular flexibility index (Phi) is 18.0. The lowest BCUT2D eigenvalue weighted by Gasteiger charge is -2.41. The summed E-state index contributed by atoms with van der Waals surface area (Å²) in [7, 11) is 3.13. The third kappa shape index (κ3) is 10.3. The van der Waals surface area contributed by atoms with Gasteiger partial charge in [0.25, 0.3) is 0 Å². The van der Waals surface area contributed by atoms with E-state index in [1.54, 1.807) is 14.2 Å². The molecular formula is C24H45N3O11. The molecule has 0 fully saturated rings. The van der Waals surface area contributed by atoms with Gasteiger partial charge in [0.1, 0.15) is 0 Å². The first-order chi connectivity index (χ1) is 18.4. The number of methoxy groups -OCH3 is 2. The Labute approximate surface area is 224 Å². The number of unbranched alkanes of at least 4 members (excludes halogenated alkanes) is 3. The van der Waals surface area contributed by atoms with Gasteiger partial charge in [0, 0.05) is 53.4 Å². The van der Waals surface area contributed by atoms with Crippen molar-refractivity contribution in [3.05, 3.63) is 0 Å². The number of ether oxygens (including phenoxy) is 6. The van der Waals surface area contributed by atoms with Crippen molar-refractivity contribution in [1.82, 2.24) is 5.01 Å². The predicted molar refractivity (Wildman–Crippen MR) is 134 cm³/mol. The number of aliphatic hydroxyl groups is 1. The van der Waals surface area contributed by atoms with E-state index in [4.69, 9.17) is 33.5 Å². The number of hydrogen-bond donors (Lipinski definition) is 3. The van der Waals surface area contributed by atoms with Crippen LogP contribution in [0.4, 0.5) is 0 Å². The smallest absolute Gasteiger partial charge is 0.336 e. The molecule has 0 amide bonds. The van der Waals surface area contributed by atoms with Crippen LogP contribution in [0, 0.1) is 0 Å². The Bertz CT molecular complexity index is 685. The van der Waals surface area contributed by atoms with Crippen LogP contribution in [0.5, 0.6) is 0 Å². The largest absolute Gasteiger partial charge is 0.479 e. The van der Waals surface area contributed by atoms with Crippen LogP contribution in [-0.4, -0.2) is 137 Å². The van der Waals surface area contributed by atoms with Crippen LogP contribution < -0.4 is 0 Å². The predicted octanol–water partition coefficient (Wildman–Crippen LogP) is 1.01. The molecule has 0 spiro atoms. The minimum Gasteiger partial charge on any atom is -0.479 e. The number of carbonyl (C=O) groups is 2. The second kappa shape index (κ2) is 20.0. The van der Waals surface area contributed by atoms with Crippen LogP contribution in [0.1, 0.15) is 38.5 Å². The summed E-state index contributed by atoms with van der Waals surface area (Å²) in [5.74, 6) is -2.74. The zero-order valence-corrected chi connectivity index (χ0v) is 22.7. The number of nitrogens with zero attached hydrogens (tertiary/aromatic N) is 3. The number of hydrogen-bond acceptors (Lipinski definition) is 12. The van der Waals surface area contributed by atoms with Gasteiger partial charge in [-0.25, -0.2) is 9.59 Å². The van der Waals surface area contributed by atoms with Gasteiger partial charge in [0.2, 0.25) is 5.54 Å². The quantitative estimate of drug-likeness (QED) is 0.130. The van der Waals surface area contributed by atoms with E-state index in [1.807, 2.05) is 0 Å². The number of carboxylic acids is 2. The lowest BCUT2D eigenvalue weighted by Crippen LogP contribution is -2.67. The molecule has 0 bridgehead atoms. The summed E-state index contributed by atoms with van der Waals surface area (Å²) in [6.45, 7) is 2.88. The van der Waals surface area contributed by atoms with Gasteiger partial charge in [-0.15, -0.1) is 5.11 Å². The van der Waals surface area contributed by atoms with Crippen molar-refractivity contribution >= 4 is 11.9 Å². The maximum Gasteiger partial charge on any atom is 0.336 e. The highest BCUT2D eigenvalue weighted by Crippen LogP contribution is 2.44. The summed E-state index contributed by atoms with van der Waals surface area (Å²) in [5, 5.41) is 39.1. The molecule has 0 radical (unpaired) electrons. The van der Waals surface area contributed by atoms with Crippen molar-refractivity contribution in [3.63, 3.8) is 0 Å². The lowest BCUT2D eigenvalue weighted by atomic mass is 9.72. The second-order valence-corrected chi connectivity index (χ2v) is 8.72. The molecule has 1 rings (SSSR count). The monoisotopic (exact) mass is 551 g/mol. The van der Waals surface area contributed by atoms with Gasteiger partial charge in [-0.1, -0.05) is 18.1 Å². The van der Waals surface area contributed by atoms with E-state index >= 15 is 0 Å². The molecule has 0 aliphatic carbocycles. The van der Waals surface area contributed by atoms with Gasteiger partial charge in [-0.3, -0.25) is 5.01 Å². The van der Waals surface area contributed by atoms with Crippen LogP contribution in [0.3, 0.4) is 0 Å². The summed E-state index contributed by atoms with van der Waals surface area (Å²) in [6, 6.07) is 0. The molecule has 38 heavy (non-hydrogen) atoms. The summed E-state index contributed by atoms with van der Waals surface area (Å²) >= 11 is 0. The molecule has 1 aliphatic heterocycles. The first-order valence-electron chi connectivity index (χ1n) is 13.0. The summed E-state index contributed by atoms with van der Waals surface area (Å²) in [6.07, 6.45) is 2.33. The topological polar surface area (TPSA) is 178 Å². The Morgan fingerprint density at radius 3 is 1.68 bits per heavy atom. The molecule has 2 unspecified atom stereocenters.